The van der Waals surface area contributed by atoms with Crippen LogP contribution in [0.2, 0.25) is 0 Å². The average Bonchev–Trinajstić information content (AvgIpc) is 3.35. The predicted molar refractivity (Wildman–Crippen MR) is 130 cm³/mol. The van der Waals surface area contributed by atoms with Crippen molar-refractivity contribution in [1.82, 2.24) is 15.2 Å². The Hall–Kier alpha value is -3.40. The first-order valence-electron chi connectivity index (χ1n) is 10.9. The van der Waals surface area contributed by atoms with E-state index in [4.69, 9.17) is 24.8 Å². The number of hydrogen-bond donors (Lipinski definition) is 2. The van der Waals surface area contributed by atoms with Crippen molar-refractivity contribution in [1.29, 1.82) is 0 Å². The summed E-state index contributed by atoms with van der Waals surface area (Å²) >= 11 is 2.35. The third-order valence-electron chi connectivity index (χ3n) is 5.53. The Bertz CT molecular complexity index is 1100. The maximum atomic E-state index is 13.0. The van der Waals surface area contributed by atoms with Crippen molar-refractivity contribution < 1.29 is 43.0 Å². The molecule has 2 aliphatic rings. The molecule has 0 aliphatic carbocycles. The summed E-state index contributed by atoms with van der Waals surface area (Å²) in [6, 6.07) is -0.948. The number of nitrogens with zero attached hydrogens (tertiary/aromatic N) is 3. The number of rotatable bonds is 8. The second kappa shape index (κ2) is 10.9. The van der Waals surface area contributed by atoms with Gasteiger partial charge in [-0.15, -0.1) is 23.1 Å². The van der Waals surface area contributed by atoms with E-state index in [0.29, 0.717) is 0 Å². The number of thioether (sulfide) groups is 1. The van der Waals surface area contributed by atoms with Gasteiger partial charge in [-0.05, 0) is 27.7 Å². The van der Waals surface area contributed by atoms with Crippen LogP contribution in [0.5, 0.6) is 0 Å². The Morgan fingerprint density at radius 1 is 1.30 bits per heavy atom. The number of hydrogen-bond acceptors (Lipinski definition) is 13. The molecule has 202 valence electrons. The molecule has 3 rings (SSSR count). The Balaban J connectivity index is 1.72. The van der Waals surface area contributed by atoms with Crippen molar-refractivity contribution in [2.75, 3.05) is 20.4 Å². The van der Waals surface area contributed by atoms with Gasteiger partial charge in [0, 0.05) is 5.38 Å². The fraction of sp³-hybridized carbons (Fsp3) is 0.571. The number of nitrogens with two attached hydrogens (primary N) is 1. The first kappa shape index (κ1) is 28.2. The standard InChI is InChI=1S/C21H27N5O9S2/c1-10-21(35-19(22)31,18(30)34-9-33-17(29)20(2,3)4)7-26-15(28)13(16(26)37-10)24-14(27)12(25-32-5)11-6-36-8-23-11/h6,8,10,13,16H,7,9H2,1-5H3,(H2,22,31)(H,24,27)/t10?,13?,16-,21?/m1/s1. The van der Waals surface area contributed by atoms with Gasteiger partial charge in [0.05, 0.1) is 22.7 Å². The smallest absolute Gasteiger partial charge is 0.405 e. The number of thiazole rings is 1. The van der Waals surface area contributed by atoms with Gasteiger partial charge in [-0.25, -0.2) is 14.6 Å². The molecule has 3 heterocycles. The molecule has 0 spiro atoms. The topological polar surface area (TPSA) is 189 Å². The van der Waals surface area contributed by atoms with Crippen molar-refractivity contribution >= 4 is 58.7 Å². The normalized spacial score (nSPS) is 25.3. The fourth-order valence-electron chi connectivity index (χ4n) is 3.55. The number of nitrogens with one attached hydrogen (secondary N) is 1. The molecule has 3 N–H and O–H groups in total. The third-order valence-corrected chi connectivity index (χ3v) is 7.71. The highest BCUT2D eigenvalue weighted by Gasteiger charge is 2.63. The summed E-state index contributed by atoms with van der Waals surface area (Å²) in [4.78, 5) is 72.5. The largest absolute Gasteiger partial charge is 0.428 e. The van der Waals surface area contributed by atoms with E-state index in [2.05, 4.69) is 15.5 Å². The van der Waals surface area contributed by atoms with Crippen LogP contribution in [-0.2, 0) is 38.2 Å². The average molecular weight is 558 g/mol. The zero-order valence-electron chi connectivity index (χ0n) is 20.7. The zero-order chi connectivity index (χ0) is 27.5. The number of primary amides is 1. The number of aromatic nitrogens is 1. The number of esters is 2. The zero-order valence-corrected chi connectivity index (χ0v) is 22.3. The molecule has 2 fully saturated rings. The summed E-state index contributed by atoms with van der Waals surface area (Å²) in [5.74, 6) is -2.85. The Labute approximate surface area is 220 Å². The monoisotopic (exact) mass is 557 g/mol. The Morgan fingerprint density at radius 2 is 2.00 bits per heavy atom. The lowest BCUT2D eigenvalue weighted by Gasteiger charge is -2.55. The van der Waals surface area contributed by atoms with Crippen molar-refractivity contribution in [3.63, 3.8) is 0 Å². The van der Waals surface area contributed by atoms with Crippen LogP contribution in [0.4, 0.5) is 4.79 Å². The second-order valence-corrected chi connectivity index (χ2v) is 11.3. The van der Waals surface area contributed by atoms with Gasteiger partial charge in [-0.1, -0.05) is 5.16 Å². The first-order chi connectivity index (χ1) is 17.3. The summed E-state index contributed by atoms with van der Waals surface area (Å²) in [5.41, 5.74) is 4.12. The summed E-state index contributed by atoms with van der Waals surface area (Å²) in [7, 11) is 1.27. The van der Waals surface area contributed by atoms with Gasteiger partial charge in [0.1, 0.15) is 24.2 Å². The van der Waals surface area contributed by atoms with E-state index in [1.807, 2.05) is 0 Å². The molecule has 0 bridgehead atoms. The van der Waals surface area contributed by atoms with E-state index in [-0.39, 0.29) is 18.0 Å². The van der Waals surface area contributed by atoms with Crippen LogP contribution in [0.1, 0.15) is 33.4 Å². The predicted octanol–water partition coefficient (Wildman–Crippen LogP) is 0.206. The number of carbonyl (C=O) groups is 5. The van der Waals surface area contributed by atoms with Gasteiger partial charge in [0.15, 0.2) is 5.71 Å². The van der Waals surface area contributed by atoms with Crippen LogP contribution < -0.4 is 11.1 Å². The van der Waals surface area contributed by atoms with E-state index >= 15 is 0 Å². The second-order valence-electron chi connectivity index (χ2n) is 9.12. The lowest BCUT2D eigenvalue weighted by Crippen LogP contribution is -2.77. The summed E-state index contributed by atoms with van der Waals surface area (Å²) in [6.45, 7) is 5.37. The van der Waals surface area contributed by atoms with Crippen molar-refractivity contribution in [2.24, 2.45) is 16.3 Å². The van der Waals surface area contributed by atoms with Gasteiger partial charge < -0.3 is 35.0 Å². The van der Waals surface area contributed by atoms with E-state index in [1.165, 1.54) is 28.9 Å². The molecule has 3 amide bonds. The molecule has 0 aromatic carbocycles. The molecular weight excluding hydrogens is 530 g/mol. The quantitative estimate of drug-likeness (QED) is 0.146. The van der Waals surface area contributed by atoms with Crippen LogP contribution in [-0.4, -0.2) is 88.2 Å². The highest BCUT2D eigenvalue weighted by molar-refractivity contribution is 8.00. The van der Waals surface area contributed by atoms with Crippen LogP contribution in [0.15, 0.2) is 16.0 Å². The molecule has 16 heteroatoms. The molecule has 1 aromatic rings. The molecule has 37 heavy (non-hydrogen) atoms. The van der Waals surface area contributed by atoms with Gasteiger partial charge in [0.2, 0.25) is 18.3 Å². The number of oxime groups is 1. The van der Waals surface area contributed by atoms with Crippen LogP contribution >= 0.6 is 23.1 Å². The molecule has 14 nitrogen and oxygen atoms in total. The number of carbonyl (C=O) groups excluding carboxylic acids is 5. The lowest BCUT2D eigenvalue weighted by molar-refractivity contribution is -0.189. The van der Waals surface area contributed by atoms with Crippen LogP contribution in [0.25, 0.3) is 0 Å². The summed E-state index contributed by atoms with van der Waals surface area (Å²) in [5, 5.41) is 6.58. The Morgan fingerprint density at radius 3 is 2.57 bits per heavy atom. The van der Waals surface area contributed by atoms with Gasteiger partial charge in [-0.2, -0.15) is 0 Å². The van der Waals surface area contributed by atoms with Crippen molar-refractivity contribution in [3.05, 3.63) is 16.6 Å². The molecule has 3 unspecified atom stereocenters. The van der Waals surface area contributed by atoms with E-state index in [0.717, 1.165) is 11.8 Å². The molecule has 0 radical (unpaired) electrons. The molecule has 1 aromatic heterocycles. The van der Waals surface area contributed by atoms with Gasteiger partial charge in [-0.3, -0.25) is 14.4 Å². The highest BCUT2D eigenvalue weighted by Crippen LogP contribution is 2.45. The third kappa shape index (κ3) is 5.79. The van der Waals surface area contributed by atoms with Gasteiger partial charge >= 0.3 is 18.0 Å². The number of β-lactam (4-membered cyclic amide) rings is 1. The van der Waals surface area contributed by atoms with Crippen LogP contribution in [0.3, 0.4) is 0 Å². The van der Waals surface area contributed by atoms with Gasteiger partial charge in [0.25, 0.3) is 5.91 Å². The van der Waals surface area contributed by atoms with E-state index < -0.39 is 64.3 Å². The highest BCUT2D eigenvalue weighted by atomic mass is 32.2. The lowest BCUT2D eigenvalue weighted by atomic mass is 9.94. The summed E-state index contributed by atoms with van der Waals surface area (Å²) < 4.78 is 15.2. The van der Waals surface area contributed by atoms with Crippen molar-refractivity contribution in [2.45, 2.75) is 50.0 Å². The molecule has 2 aliphatic heterocycles. The SMILES string of the molecule is CON=C(C(=O)NC1C(=O)N2CC(OC(N)=O)(C(=O)OCOC(=O)C(C)(C)C)C(C)S[C@H]12)c1cscn1. The van der Waals surface area contributed by atoms with Crippen molar-refractivity contribution in [3.8, 4) is 0 Å². The molecule has 4 atom stereocenters. The fourth-order valence-corrected chi connectivity index (χ4v) is 5.62. The molecule has 2 saturated heterocycles. The minimum atomic E-state index is -1.96. The maximum absolute atomic E-state index is 13.0. The van der Waals surface area contributed by atoms with E-state index in [1.54, 1.807) is 33.1 Å². The Kier molecular flexibility index (Phi) is 8.32. The summed E-state index contributed by atoms with van der Waals surface area (Å²) in [6.07, 6.45) is -1.25. The van der Waals surface area contributed by atoms with E-state index in [9.17, 15) is 24.0 Å². The minimum absolute atomic E-state index is 0.108. The number of ether oxygens (including phenoxy) is 3. The van der Waals surface area contributed by atoms with Crippen LogP contribution in [0, 0.1) is 5.41 Å². The number of fused-ring (bicyclic) bond motifs is 1. The molecular formula is C21H27N5O9S2. The molecule has 0 saturated carbocycles. The minimum Gasteiger partial charge on any atom is -0.428 e. The maximum Gasteiger partial charge on any atom is 0.405 e. The number of amides is 3. The first-order valence-corrected chi connectivity index (χ1v) is 12.8.